The Labute approximate surface area is 147 Å². The van der Waals surface area contributed by atoms with Gasteiger partial charge in [0, 0.05) is 35.2 Å². The molecule has 2 aromatic rings. The number of urea groups is 1. The van der Waals surface area contributed by atoms with Crippen molar-refractivity contribution in [3.8, 4) is 0 Å². The van der Waals surface area contributed by atoms with Crippen molar-refractivity contribution in [3.63, 3.8) is 0 Å². The Morgan fingerprint density at radius 3 is 2.33 bits per heavy atom. The standard InChI is InChI=1S/C19H22ClN3O/c1-14-8-10-23(11-9-14)18-7-3-6-17(13-18)22-19(24)21-16-5-2-4-15(20)12-16/h2-7,12-14H,8-11H2,1H3,(H2,21,22,24). The second-order valence-corrected chi connectivity index (χ2v) is 6.75. The number of halogens is 1. The number of carbonyl (C=O) groups excluding carboxylic acids is 1. The van der Waals surface area contributed by atoms with Crippen LogP contribution in [-0.4, -0.2) is 19.1 Å². The van der Waals surface area contributed by atoms with Crippen molar-refractivity contribution in [2.45, 2.75) is 19.8 Å². The largest absolute Gasteiger partial charge is 0.371 e. The van der Waals surface area contributed by atoms with Crippen LogP contribution in [0.25, 0.3) is 0 Å². The second kappa shape index (κ2) is 7.58. The van der Waals surface area contributed by atoms with Gasteiger partial charge >= 0.3 is 6.03 Å². The van der Waals surface area contributed by atoms with Gasteiger partial charge in [-0.05, 0) is 55.2 Å². The van der Waals surface area contributed by atoms with E-state index in [4.69, 9.17) is 11.6 Å². The Hall–Kier alpha value is -2.20. The van der Waals surface area contributed by atoms with E-state index in [1.165, 1.54) is 12.8 Å². The molecule has 1 fully saturated rings. The first-order chi connectivity index (χ1) is 11.6. The van der Waals surface area contributed by atoms with Gasteiger partial charge in [-0.25, -0.2) is 4.79 Å². The number of nitrogens with one attached hydrogen (secondary N) is 2. The minimum atomic E-state index is -0.276. The molecule has 0 spiro atoms. The average Bonchev–Trinajstić information content (AvgIpc) is 2.55. The first-order valence-corrected chi connectivity index (χ1v) is 8.66. The molecule has 0 unspecified atom stereocenters. The quantitative estimate of drug-likeness (QED) is 0.802. The summed E-state index contributed by atoms with van der Waals surface area (Å²) >= 11 is 5.93. The highest BCUT2D eigenvalue weighted by molar-refractivity contribution is 6.30. The van der Waals surface area contributed by atoms with E-state index < -0.39 is 0 Å². The van der Waals surface area contributed by atoms with Gasteiger partial charge in [0.05, 0.1) is 0 Å². The summed E-state index contributed by atoms with van der Waals surface area (Å²) in [6, 6.07) is 14.8. The second-order valence-electron chi connectivity index (χ2n) is 6.31. The van der Waals surface area contributed by atoms with E-state index in [2.05, 4.69) is 28.5 Å². The van der Waals surface area contributed by atoms with Gasteiger partial charge in [-0.3, -0.25) is 0 Å². The van der Waals surface area contributed by atoms with Crippen LogP contribution < -0.4 is 15.5 Å². The summed E-state index contributed by atoms with van der Waals surface area (Å²) < 4.78 is 0. The number of hydrogen-bond donors (Lipinski definition) is 2. The zero-order chi connectivity index (χ0) is 16.9. The maximum atomic E-state index is 12.1. The lowest BCUT2D eigenvalue weighted by molar-refractivity contribution is 0.262. The van der Waals surface area contributed by atoms with Gasteiger partial charge in [0.15, 0.2) is 0 Å². The predicted octanol–water partition coefficient (Wildman–Crippen LogP) is 5.22. The molecule has 0 aromatic heterocycles. The lowest BCUT2D eigenvalue weighted by Gasteiger charge is -2.32. The highest BCUT2D eigenvalue weighted by Gasteiger charge is 2.16. The van der Waals surface area contributed by atoms with Crippen LogP contribution in [0.4, 0.5) is 21.9 Å². The number of nitrogens with zero attached hydrogens (tertiary/aromatic N) is 1. The normalized spacial score (nSPS) is 15.2. The molecule has 0 bridgehead atoms. The zero-order valence-corrected chi connectivity index (χ0v) is 14.5. The molecule has 24 heavy (non-hydrogen) atoms. The predicted molar refractivity (Wildman–Crippen MR) is 101 cm³/mol. The smallest absolute Gasteiger partial charge is 0.323 e. The number of amides is 2. The average molecular weight is 344 g/mol. The van der Waals surface area contributed by atoms with Gasteiger partial charge < -0.3 is 15.5 Å². The molecule has 1 heterocycles. The zero-order valence-electron chi connectivity index (χ0n) is 13.8. The minimum Gasteiger partial charge on any atom is -0.371 e. The van der Waals surface area contributed by atoms with Crippen molar-refractivity contribution >= 4 is 34.7 Å². The molecule has 126 valence electrons. The third-order valence-electron chi connectivity index (χ3n) is 4.34. The Balaban J connectivity index is 1.63. The lowest BCUT2D eigenvalue weighted by Crippen LogP contribution is -2.32. The number of anilines is 3. The van der Waals surface area contributed by atoms with Gasteiger partial charge in [0.25, 0.3) is 0 Å². The molecule has 4 nitrogen and oxygen atoms in total. The number of benzene rings is 2. The van der Waals surface area contributed by atoms with Crippen molar-refractivity contribution in [2.75, 3.05) is 28.6 Å². The Kier molecular flexibility index (Phi) is 5.26. The summed E-state index contributed by atoms with van der Waals surface area (Å²) in [6.07, 6.45) is 2.43. The van der Waals surface area contributed by atoms with Gasteiger partial charge in [-0.1, -0.05) is 30.7 Å². The molecule has 1 saturated heterocycles. The number of rotatable bonds is 3. The van der Waals surface area contributed by atoms with E-state index in [-0.39, 0.29) is 6.03 Å². The molecule has 2 aromatic carbocycles. The Morgan fingerprint density at radius 1 is 1.04 bits per heavy atom. The van der Waals surface area contributed by atoms with Gasteiger partial charge in [0.2, 0.25) is 0 Å². The van der Waals surface area contributed by atoms with Crippen molar-refractivity contribution in [1.82, 2.24) is 0 Å². The lowest BCUT2D eigenvalue weighted by atomic mass is 9.99. The molecule has 0 radical (unpaired) electrons. The molecular weight excluding hydrogens is 322 g/mol. The molecule has 0 saturated carbocycles. The van der Waals surface area contributed by atoms with E-state index in [0.717, 1.165) is 30.4 Å². The highest BCUT2D eigenvalue weighted by Crippen LogP contribution is 2.25. The summed E-state index contributed by atoms with van der Waals surface area (Å²) in [4.78, 5) is 14.5. The van der Waals surface area contributed by atoms with Crippen LogP contribution in [0.15, 0.2) is 48.5 Å². The maximum absolute atomic E-state index is 12.1. The summed E-state index contributed by atoms with van der Waals surface area (Å²) in [5.74, 6) is 0.797. The topological polar surface area (TPSA) is 44.4 Å². The van der Waals surface area contributed by atoms with E-state index >= 15 is 0 Å². The summed E-state index contributed by atoms with van der Waals surface area (Å²) in [5.41, 5.74) is 2.61. The highest BCUT2D eigenvalue weighted by atomic mass is 35.5. The fourth-order valence-corrected chi connectivity index (χ4v) is 3.10. The van der Waals surface area contributed by atoms with E-state index in [0.29, 0.717) is 10.7 Å². The van der Waals surface area contributed by atoms with Crippen LogP contribution in [0.1, 0.15) is 19.8 Å². The molecule has 0 aliphatic carbocycles. The van der Waals surface area contributed by atoms with Crippen molar-refractivity contribution in [2.24, 2.45) is 5.92 Å². The minimum absolute atomic E-state index is 0.276. The van der Waals surface area contributed by atoms with Crippen LogP contribution in [0, 0.1) is 5.92 Å². The van der Waals surface area contributed by atoms with E-state index in [1.807, 2.05) is 18.2 Å². The molecule has 0 atom stereocenters. The third-order valence-corrected chi connectivity index (χ3v) is 4.57. The first kappa shape index (κ1) is 16.7. The molecule has 1 aliphatic heterocycles. The van der Waals surface area contributed by atoms with Crippen molar-refractivity contribution in [3.05, 3.63) is 53.6 Å². The van der Waals surface area contributed by atoms with Crippen LogP contribution in [-0.2, 0) is 0 Å². The van der Waals surface area contributed by atoms with E-state index in [1.54, 1.807) is 24.3 Å². The Bertz CT molecular complexity index is 711. The SMILES string of the molecule is CC1CCN(c2cccc(NC(=O)Nc3cccc(Cl)c3)c2)CC1. The number of hydrogen-bond acceptors (Lipinski definition) is 2. The molecule has 5 heteroatoms. The van der Waals surface area contributed by atoms with Gasteiger partial charge in [-0.15, -0.1) is 0 Å². The molecular formula is C19H22ClN3O. The van der Waals surface area contributed by atoms with E-state index in [9.17, 15) is 4.79 Å². The number of carbonyl (C=O) groups is 1. The molecule has 2 amide bonds. The molecule has 3 rings (SSSR count). The summed E-state index contributed by atoms with van der Waals surface area (Å²) in [6.45, 7) is 4.44. The Morgan fingerprint density at radius 2 is 1.67 bits per heavy atom. The molecule has 2 N–H and O–H groups in total. The first-order valence-electron chi connectivity index (χ1n) is 8.29. The van der Waals surface area contributed by atoms with Crippen molar-refractivity contribution in [1.29, 1.82) is 0 Å². The number of piperidine rings is 1. The van der Waals surface area contributed by atoms with Crippen LogP contribution in [0.3, 0.4) is 0 Å². The van der Waals surface area contributed by atoms with Crippen LogP contribution >= 0.6 is 11.6 Å². The maximum Gasteiger partial charge on any atom is 0.323 e. The van der Waals surface area contributed by atoms with Crippen LogP contribution in [0.2, 0.25) is 5.02 Å². The summed E-state index contributed by atoms with van der Waals surface area (Å²) in [7, 11) is 0. The monoisotopic (exact) mass is 343 g/mol. The summed E-state index contributed by atoms with van der Waals surface area (Å²) in [5, 5.41) is 6.26. The fourth-order valence-electron chi connectivity index (χ4n) is 2.91. The van der Waals surface area contributed by atoms with Crippen LogP contribution in [0.5, 0.6) is 0 Å². The third kappa shape index (κ3) is 4.42. The fraction of sp³-hybridized carbons (Fsp3) is 0.316. The van der Waals surface area contributed by atoms with Gasteiger partial charge in [-0.2, -0.15) is 0 Å². The van der Waals surface area contributed by atoms with Crippen molar-refractivity contribution < 1.29 is 4.79 Å². The van der Waals surface area contributed by atoms with Gasteiger partial charge in [0.1, 0.15) is 0 Å². The molecule has 1 aliphatic rings.